The van der Waals surface area contributed by atoms with Gasteiger partial charge in [-0.15, -0.1) is 0 Å². The van der Waals surface area contributed by atoms with E-state index in [1.54, 1.807) is 23.3 Å². The van der Waals surface area contributed by atoms with Gasteiger partial charge in [-0.05, 0) is 0 Å². The van der Waals surface area contributed by atoms with Crippen molar-refractivity contribution in [3.05, 3.63) is 30.6 Å². The summed E-state index contributed by atoms with van der Waals surface area (Å²) in [5.41, 5.74) is 0. The molecule has 1 fully saturated rings. The zero-order valence-corrected chi connectivity index (χ0v) is 14.9. The van der Waals surface area contributed by atoms with E-state index >= 15 is 0 Å². The molecule has 1 amide bonds. The zero-order chi connectivity index (χ0) is 17.8. The minimum atomic E-state index is -0.201. The lowest BCUT2D eigenvalue weighted by molar-refractivity contribution is -0.122. The molecule has 0 aromatic carbocycles. The second-order valence-corrected chi connectivity index (χ2v) is 6.60. The standard InChI is InChI=1S/C17H25N5O3/c1-12(2)17-18-5-7-22(17)6-4-16(23)20-14-10-24-11-15(14)25-13-8-19-21(3)9-13/h5,7-9,12,14-15H,4,6,10-11H2,1-3H3,(H,20,23)/t14-,15+/m0/s1. The number of nitrogens with zero attached hydrogens (tertiary/aromatic N) is 4. The van der Waals surface area contributed by atoms with E-state index in [0.717, 1.165) is 5.82 Å². The van der Waals surface area contributed by atoms with Crippen LogP contribution in [0.4, 0.5) is 0 Å². The predicted octanol–water partition coefficient (Wildman–Crippen LogP) is 1.09. The Morgan fingerprint density at radius 3 is 3.04 bits per heavy atom. The van der Waals surface area contributed by atoms with Crippen LogP contribution in [0, 0.1) is 0 Å². The summed E-state index contributed by atoms with van der Waals surface area (Å²) in [7, 11) is 1.83. The summed E-state index contributed by atoms with van der Waals surface area (Å²) in [4.78, 5) is 16.6. The lowest BCUT2D eigenvalue weighted by Gasteiger charge is -2.20. The number of carbonyl (C=O) groups is 1. The number of amides is 1. The summed E-state index contributed by atoms with van der Waals surface area (Å²) >= 11 is 0. The number of aryl methyl sites for hydroxylation is 2. The van der Waals surface area contributed by atoms with Crippen LogP contribution in [0.25, 0.3) is 0 Å². The highest BCUT2D eigenvalue weighted by molar-refractivity contribution is 5.76. The Labute approximate surface area is 147 Å². The van der Waals surface area contributed by atoms with Crippen molar-refractivity contribution in [1.29, 1.82) is 0 Å². The molecule has 1 saturated heterocycles. The number of rotatable bonds is 7. The first-order valence-electron chi connectivity index (χ1n) is 8.56. The largest absolute Gasteiger partial charge is 0.482 e. The fraction of sp³-hybridized carbons (Fsp3) is 0.588. The normalized spacial score (nSPS) is 20.2. The van der Waals surface area contributed by atoms with Crippen molar-refractivity contribution < 1.29 is 14.3 Å². The molecule has 0 bridgehead atoms. The summed E-state index contributed by atoms with van der Waals surface area (Å²) < 4.78 is 15.0. The molecule has 2 aromatic heterocycles. The fourth-order valence-electron chi connectivity index (χ4n) is 2.93. The summed E-state index contributed by atoms with van der Waals surface area (Å²) in [5, 5.41) is 7.10. The molecule has 3 rings (SSSR count). The van der Waals surface area contributed by atoms with E-state index in [0.29, 0.717) is 37.8 Å². The molecule has 1 aliphatic rings. The van der Waals surface area contributed by atoms with E-state index in [1.807, 2.05) is 17.8 Å². The molecule has 3 heterocycles. The molecule has 0 aliphatic carbocycles. The highest BCUT2D eigenvalue weighted by Crippen LogP contribution is 2.16. The Morgan fingerprint density at radius 2 is 2.32 bits per heavy atom. The van der Waals surface area contributed by atoms with Gasteiger partial charge in [0.05, 0.1) is 31.6 Å². The van der Waals surface area contributed by atoms with Crippen LogP contribution >= 0.6 is 0 Å². The van der Waals surface area contributed by atoms with Crippen LogP contribution in [0.1, 0.15) is 32.0 Å². The van der Waals surface area contributed by atoms with Gasteiger partial charge in [0.15, 0.2) is 5.75 Å². The number of nitrogens with one attached hydrogen (secondary N) is 1. The molecule has 136 valence electrons. The van der Waals surface area contributed by atoms with Gasteiger partial charge in [-0.3, -0.25) is 9.48 Å². The van der Waals surface area contributed by atoms with Gasteiger partial charge in [-0.1, -0.05) is 13.8 Å². The number of aromatic nitrogens is 4. The number of hydrogen-bond acceptors (Lipinski definition) is 5. The first kappa shape index (κ1) is 17.5. The van der Waals surface area contributed by atoms with Crippen LogP contribution in [-0.2, 0) is 23.1 Å². The number of ether oxygens (including phenoxy) is 2. The Kier molecular flexibility index (Phi) is 5.37. The highest BCUT2D eigenvalue weighted by Gasteiger charge is 2.31. The molecule has 2 aromatic rings. The van der Waals surface area contributed by atoms with E-state index in [9.17, 15) is 4.79 Å². The van der Waals surface area contributed by atoms with Gasteiger partial charge in [0.2, 0.25) is 5.91 Å². The van der Waals surface area contributed by atoms with Gasteiger partial charge in [-0.2, -0.15) is 5.10 Å². The average Bonchev–Trinajstić information content (AvgIpc) is 3.28. The highest BCUT2D eigenvalue weighted by atomic mass is 16.5. The topological polar surface area (TPSA) is 83.2 Å². The molecular weight excluding hydrogens is 322 g/mol. The molecule has 1 N–H and O–H groups in total. The van der Waals surface area contributed by atoms with E-state index in [-0.39, 0.29) is 18.1 Å². The van der Waals surface area contributed by atoms with E-state index in [1.165, 1.54) is 0 Å². The maximum atomic E-state index is 12.3. The van der Waals surface area contributed by atoms with Gasteiger partial charge < -0.3 is 19.4 Å². The molecule has 1 aliphatic heterocycles. The fourth-order valence-corrected chi connectivity index (χ4v) is 2.93. The SMILES string of the molecule is CC(C)c1nccn1CCC(=O)N[C@H]1COC[C@H]1Oc1cnn(C)c1. The first-order chi connectivity index (χ1) is 12.0. The molecule has 0 radical (unpaired) electrons. The Hall–Kier alpha value is -2.35. The third-order valence-electron chi connectivity index (χ3n) is 4.19. The van der Waals surface area contributed by atoms with Crippen LogP contribution < -0.4 is 10.1 Å². The molecule has 25 heavy (non-hydrogen) atoms. The van der Waals surface area contributed by atoms with E-state index < -0.39 is 0 Å². The molecule has 2 atom stereocenters. The van der Waals surface area contributed by atoms with E-state index in [4.69, 9.17) is 9.47 Å². The third-order valence-corrected chi connectivity index (χ3v) is 4.19. The van der Waals surface area contributed by atoms with Crippen LogP contribution in [0.2, 0.25) is 0 Å². The van der Waals surface area contributed by atoms with Crippen LogP contribution in [0.5, 0.6) is 5.75 Å². The minimum absolute atomic E-state index is 0.0151. The van der Waals surface area contributed by atoms with Gasteiger partial charge >= 0.3 is 0 Å². The lowest BCUT2D eigenvalue weighted by Crippen LogP contribution is -2.45. The smallest absolute Gasteiger partial charge is 0.222 e. The monoisotopic (exact) mass is 347 g/mol. The second kappa shape index (κ2) is 7.69. The maximum absolute atomic E-state index is 12.3. The summed E-state index contributed by atoms with van der Waals surface area (Å²) in [6.07, 6.45) is 7.33. The Bertz CT molecular complexity index is 709. The first-order valence-corrected chi connectivity index (χ1v) is 8.56. The minimum Gasteiger partial charge on any atom is -0.482 e. The van der Waals surface area contributed by atoms with Gasteiger partial charge in [0, 0.05) is 38.3 Å². The van der Waals surface area contributed by atoms with Crippen molar-refractivity contribution in [2.24, 2.45) is 7.05 Å². The predicted molar refractivity (Wildman–Crippen MR) is 91.3 cm³/mol. The molecule has 0 unspecified atom stereocenters. The van der Waals surface area contributed by atoms with Crippen molar-refractivity contribution in [3.8, 4) is 5.75 Å². The lowest BCUT2D eigenvalue weighted by atomic mass is 10.2. The number of hydrogen-bond donors (Lipinski definition) is 1. The van der Waals surface area contributed by atoms with Crippen molar-refractivity contribution in [3.63, 3.8) is 0 Å². The van der Waals surface area contributed by atoms with Gasteiger partial charge in [-0.25, -0.2) is 4.98 Å². The maximum Gasteiger partial charge on any atom is 0.222 e. The molecule has 0 spiro atoms. The Morgan fingerprint density at radius 1 is 1.48 bits per heavy atom. The van der Waals surface area contributed by atoms with Crippen molar-refractivity contribution >= 4 is 5.91 Å². The van der Waals surface area contributed by atoms with E-state index in [2.05, 4.69) is 29.2 Å². The third kappa shape index (κ3) is 4.39. The van der Waals surface area contributed by atoms with Crippen LogP contribution in [-0.4, -0.2) is 50.6 Å². The molecule has 8 heteroatoms. The zero-order valence-electron chi connectivity index (χ0n) is 14.9. The van der Waals surface area contributed by atoms with Crippen LogP contribution in [0.15, 0.2) is 24.8 Å². The van der Waals surface area contributed by atoms with Gasteiger partial charge in [0.1, 0.15) is 11.9 Å². The van der Waals surface area contributed by atoms with Crippen molar-refractivity contribution in [2.75, 3.05) is 13.2 Å². The summed E-state index contributed by atoms with van der Waals surface area (Å²) in [5.74, 6) is 1.99. The van der Waals surface area contributed by atoms with Crippen molar-refractivity contribution in [1.82, 2.24) is 24.6 Å². The summed E-state index contributed by atoms with van der Waals surface area (Å²) in [6, 6.07) is -0.153. The quantitative estimate of drug-likeness (QED) is 0.811. The average molecular weight is 347 g/mol. The second-order valence-electron chi connectivity index (χ2n) is 6.60. The van der Waals surface area contributed by atoms with Crippen molar-refractivity contribution in [2.45, 2.75) is 44.9 Å². The molecular formula is C17H25N5O3. The number of carbonyl (C=O) groups excluding carboxylic acids is 1. The molecule has 8 nitrogen and oxygen atoms in total. The van der Waals surface area contributed by atoms with Crippen LogP contribution in [0.3, 0.4) is 0 Å². The Balaban J connectivity index is 1.50. The molecule has 0 saturated carbocycles. The van der Waals surface area contributed by atoms with Gasteiger partial charge in [0.25, 0.3) is 0 Å². The summed E-state index contributed by atoms with van der Waals surface area (Å²) in [6.45, 7) is 5.71. The number of imidazole rings is 1.